The molecule has 1 amide bonds. The van der Waals surface area contributed by atoms with Crippen LogP contribution in [0.3, 0.4) is 0 Å². The Morgan fingerprint density at radius 3 is 2.38 bits per heavy atom. The van der Waals surface area contributed by atoms with Crippen LogP contribution in [0.15, 0.2) is 42.0 Å². The third kappa shape index (κ3) is 5.22. The fraction of sp³-hybridized carbons (Fsp3) is 0.250. The number of methoxy groups -OCH3 is 3. The Morgan fingerprint density at radius 2 is 1.70 bits per heavy atom. The van der Waals surface area contributed by atoms with E-state index in [-0.39, 0.29) is 11.8 Å². The lowest BCUT2D eigenvalue weighted by Crippen LogP contribution is -2.13. The highest BCUT2D eigenvalue weighted by molar-refractivity contribution is 7.18. The number of benzene rings is 2. The van der Waals surface area contributed by atoms with Crippen LogP contribution >= 0.6 is 11.3 Å². The van der Waals surface area contributed by atoms with E-state index in [1.165, 1.54) is 0 Å². The molecule has 1 fully saturated rings. The van der Waals surface area contributed by atoms with Gasteiger partial charge >= 0.3 is 0 Å². The highest BCUT2D eigenvalue weighted by atomic mass is 32.1. The summed E-state index contributed by atoms with van der Waals surface area (Å²) < 4.78 is 17.3. The number of anilines is 3. The molecule has 0 spiro atoms. The smallest absolute Gasteiger partial charge is 0.227 e. The largest absolute Gasteiger partial charge is 0.493 e. The number of fused-ring (bicyclic) bond motifs is 1. The number of rotatable bonds is 9. The predicted molar refractivity (Wildman–Crippen MR) is 148 cm³/mol. The minimum Gasteiger partial charge on any atom is -0.493 e. The molecule has 0 bridgehead atoms. The van der Waals surface area contributed by atoms with E-state index in [1.54, 1.807) is 39.0 Å². The predicted octanol–water partition coefficient (Wildman–Crippen LogP) is 6.29. The van der Waals surface area contributed by atoms with Gasteiger partial charge in [-0.2, -0.15) is 0 Å². The molecule has 2 aromatic carbocycles. The summed E-state index contributed by atoms with van der Waals surface area (Å²) in [6, 6.07) is 9.65. The molecule has 2 N–H and O–H groups in total. The van der Waals surface area contributed by atoms with E-state index < -0.39 is 0 Å². The first kappa shape index (κ1) is 24.6. The number of carbonyl (C=O) groups excluding carboxylic acids is 1. The summed E-state index contributed by atoms with van der Waals surface area (Å²) in [4.78, 5) is 21.2. The number of aromatic nitrogens is 2. The lowest BCUT2D eigenvalue weighted by atomic mass is 10.1. The first-order valence-electron chi connectivity index (χ1n) is 11.9. The summed E-state index contributed by atoms with van der Waals surface area (Å²) in [7, 11) is 4.74. The molecule has 0 aliphatic heterocycles. The highest BCUT2D eigenvalue weighted by Gasteiger charge is 2.29. The van der Waals surface area contributed by atoms with Crippen molar-refractivity contribution >= 4 is 56.8 Å². The Labute approximate surface area is 219 Å². The molecule has 0 radical (unpaired) electrons. The van der Waals surface area contributed by atoms with E-state index in [9.17, 15) is 4.79 Å². The van der Waals surface area contributed by atoms with E-state index in [0.29, 0.717) is 23.1 Å². The quantitative estimate of drug-likeness (QED) is 0.270. The molecule has 1 aliphatic carbocycles. The molecule has 1 saturated carbocycles. The number of carbonyl (C=O) groups is 1. The lowest BCUT2D eigenvalue weighted by Gasteiger charge is -2.15. The van der Waals surface area contributed by atoms with Crippen LogP contribution in [0.2, 0.25) is 0 Å². The third-order valence-corrected chi connectivity index (χ3v) is 7.24. The number of aryl methyl sites for hydroxylation is 1. The zero-order valence-corrected chi connectivity index (χ0v) is 21.9. The number of hydrogen-bond donors (Lipinski definition) is 2. The molecule has 4 aromatic rings. The van der Waals surface area contributed by atoms with E-state index in [4.69, 9.17) is 14.2 Å². The van der Waals surface area contributed by atoms with Crippen LogP contribution in [0, 0.1) is 12.8 Å². The number of ether oxygens (including phenoxy) is 3. The summed E-state index contributed by atoms with van der Waals surface area (Å²) in [6.07, 6.45) is 7.61. The van der Waals surface area contributed by atoms with Crippen molar-refractivity contribution in [2.45, 2.75) is 19.8 Å². The second kappa shape index (κ2) is 10.5. The summed E-state index contributed by atoms with van der Waals surface area (Å²) in [5.41, 5.74) is 5.57. The molecular formula is C28H28N4O4S. The SMILES string of the molecule is COc1cc(Nc2ncnc3c(/C=C/c4cc(NC(=O)C5CC5)ccc4C)csc23)cc(OC)c1OC. The van der Waals surface area contributed by atoms with Crippen LogP contribution in [0.4, 0.5) is 17.2 Å². The molecule has 5 rings (SSSR count). The molecule has 8 nitrogen and oxygen atoms in total. The lowest BCUT2D eigenvalue weighted by molar-refractivity contribution is -0.117. The molecule has 2 heterocycles. The van der Waals surface area contributed by atoms with E-state index in [0.717, 1.165) is 51.1 Å². The average Bonchev–Trinajstić information content (AvgIpc) is 3.69. The van der Waals surface area contributed by atoms with Gasteiger partial charge in [0.05, 0.1) is 31.5 Å². The van der Waals surface area contributed by atoms with Gasteiger partial charge in [0.25, 0.3) is 0 Å². The molecule has 9 heteroatoms. The maximum absolute atomic E-state index is 12.2. The fourth-order valence-corrected chi connectivity index (χ4v) is 4.97. The van der Waals surface area contributed by atoms with Crippen molar-refractivity contribution in [3.05, 3.63) is 58.7 Å². The summed E-state index contributed by atoms with van der Waals surface area (Å²) in [5, 5.41) is 8.45. The Morgan fingerprint density at radius 1 is 0.973 bits per heavy atom. The molecule has 1 aliphatic rings. The van der Waals surface area contributed by atoms with Crippen LogP contribution in [0.25, 0.3) is 22.4 Å². The minimum atomic E-state index is 0.103. The van der Waals surface area contributed by atoms with Crippen molar-refractivity contribution in [1.82, 2.24) is 9.97 Å². The van der Waals surface area contributed by atoms with Gasteiger partial charge in [-0.3, -0.25) is 4.79 Å². The maximum atomic E-state index is 12.2. The summed E-state index contributed by atoms with van der Waals surface area (Å²) in [6.45, 7) is 2.06. The number of nitrogens with one attached hydrogen (secondary N) is 2. The average molecular weight is 517 g/mol. The van der Waals surface area contributed by atoms with Crippen molar-refractivity contribution < 1.29 is 19.0 Å². The Balaban J connectivity index is 1.41. The van der Waals surface area contributed by atoms with Crippen LogP contribution in [-0.2, 0) is 4.79 Å². The maximum Gasteiger partial charge on any atom is 0.227 e. The van der Waals surface area contributed by atoms with Crippen LogP contribution in [-0.4, -0.2) is 37.2 Å². The molecule has 0 saturated heterocycles. The van der Waals surface area contributed by atoms with Gasteiger partial charge in [0.2, 0.25) is 11.7 Å². The second-order valence-corrected chi connectivity index (χ2v) is 9.68. The van der Waals surface area contributed by atoms with Gasteiger partial charge in [0.1, 0.15) is 6.33 Å². The second-order valence-electron chi connectivity index (χ2n) is 8.80. The van der Waals surface area contributed by atoms with Gasteiger partial charge in [-0.15, -0.1) is 11.3 Å². The molecule has 0 unspecified atom stereocenters. The summed E-state index contributed by atoms with van der Waals surface area (Å²) >= 11 is 1.57. The van der Waals surface area contributed by atoms with Gasteiger partial charge in [-0.25, -0.2) is 9.97 Å². The monoisotopic (exact) mass is 516 g/mol. The molecule has 190 valence electrons. The number of thiophene rings is 1. The fourth-order valence-electron chi connectivity index (χ4n) is 4.03. The van der Waals surface area contributed by atoms with Gasteiger partial charge in [0, 0.05) is 40.4 Å². The van der Waals surface area contributed by atoms with Crippen molar-refractivity contribution in [3.8, 4) is 17.2 Å². The topological polar surface area (TPSA) is 94.6 Å². The van der Waals surface area contributed by atoms with Gasteiger partial charge in [-0.05, 0) is 43.0 Å². The van der Waals surface area contributed by atoms with Gasteiger partial charge in [-0.1, -0.05) is 18.2 Å². The third-order valence-electron chi connectivity index (χ3n) is 6.25. The van der Waals surface area contributed by atoms with Crippen LogP contribution in [0.5, 0.6) is 17.2 Å². The molecule has 0 atom stereocenters. The van der Waals surface area contributed by atoms with Crippen molar-refractivity contribution in [2.75, 3.05) is 32.0 Å². The van der Waals surface area contributed by atoms with Crippen molar-refractivity contribution in [2.24, 2.45) is 5.92 Å². The normalized spacial score (nSPS) is 13.1. The standard InChI is InChI=1S/C28H28N4O4S/c1-16-5-10-20(32-28(33)17-6-7-17)11-18(16)8-9-19-14-37-26-24(19)29-15-30-27(26)31-21-12-22(34-2)25(36-4)23(13-21)35-3/h5,8-15,17H,6-7H2,1-4H3,(H,32,33)(H,29,30,31)/b9-8+. The first-order valence-corrected chi connectivity index (χ1v) is 12.8. The molecule has 2 aromatic heterocycles. The zero-order valence-electron chi connectivity index (χ0n) is 21.1. The van der Waals surface area contributed by atoms with Crippen molar-refractivity contribution in [3.63, 3.8) is 0 Å². The Bertz CT molecular complexity index is 1470. The van der Waals surface area contributed by atoms with E-state index in [1.807, 2.05) is 36.4 Å². The first-order chi connectivity index (χ1) is 18.0. The van der Waals surface area contributed by atoms with Crippen molar-refractivity contribution in [1.29, 1.82) is 0 Å². The highest BCUT2D eigenvalue weighted by Crippen LogP contribution is 2.41. The van der Waals surface area contributed by atoms with Gasteiger partial charge in [0.15, 0.2) is 17.3 Å². The number of hydrogen-bond acceptors (Lipinski definition) is 8. The molecule has 37 heavy (non-hydrogen) atoms. The minimum absolute atomic E-state index is 0.103. The number of nitrogens with zero attached hydrogens (tertiary/aromatic N) is 2. The zero-order chi connectivity index (χ0) is 25.9. The number of amides is 1. The Kier molecular flexibility index (Phi) is 6.96. The Hall–Kier alpha value is -4.11. The summed E-state index contributed by atoms with van der Waals surface area (Å²) in [5.74, 6) is 2.58. The molecular weight excluding hydrogens is 488 g/mol. The van der Waals surface area contributed by atoms with Crippen LogP contribution < -0.4 is 24.8 Å². The van der Waals surface area contributed by atoms with Gasteiger partial charge < -0.3 is 24.8 Å². The van der Waals surface area contributed by atoms with Crippen LogP contribution in [0.1, 0.15) is 29.5 Å². The van der Waals surface area contributed by atoms with E-state index >= 15 is 0 Å². The van der Waals surface area contributed by atoms with E-state index in [2.05, 4.69) is 39.0 Å².